The number of rotatable bonds is 7. The van der Waals surface area contributed by atoms with Gasteiger partial charge in [-0.3, -0.25) is 9.59 Å². The van der Waals surface area contributed by atoms with E-state index in [0.717, 1.165) is 11.1 Å². The zero-order valence-corrected chi connectivity index (χ0v) is 16.1. The highest BCUT2D eigenvalue weighted by Gasteiger charge is 2.27. The van der Waals surface area contributed by atoms with E-state index >= 15 is 0 Å². The lowest BCUT2D eigenvalue weighted by atomic mass is 10.0. The van der Waals surface area contributed by atoms with Gasteiger partial charge in [0.05, 0.1) is 6.42 Å². The molecule has 0 aliphatic rings. The molecule has 0 heterocycles. The summed E-state index contributed by atoms with van der Waals surface area (Å²) in [5, 5.41) is 2.68. The molecular formula is C22H28N2O2. The third-order valence-electron chi connectivity index (χ3n) is 4.75. The van der Waals surface area contributed by atoms with Crippen molar-refractivity contribution in [3.8, 4) is 0 Å². The fourth-order valence-electron chi connectivity index (χ4n) is 3.06. The highest BCUT2D eigenvalue weighted by atomic mass is 16.2. The molecule has 0 aliphatic carbocycles. The standard InChI is InChI=1S/C22H28N2O2/c1-5-20(22(26)23-4)24(15-18-9-7-6-8-10-18)21(25)14-19-12-11-16(2)17(3)13-19/h6-13,20H,5,14-15H2,1-4H3,(H,23,26)/t20-/m1/s1. The van der Waals surface area contributed by atoms with E-state index in [-0.39, 0.29) is 11.8 Å². The lowest BCUT2D eigenvalue weighted by Crippen LogP contribution is -2.48. The maximum atomic E-state index is 13.1. The molecule has 0 spiro atoms. The van der Waals surface area contributed by atoms with E-state index in [2.05, 4.69) is 18.3 Å². The van der Waals surface area contributed by atoms with E-state index in [1.54, 1.807) is 11.9 Å². The zero-order chi connectivity index (χ0) is 19.1. The minimum absolute atomic E-state index is 0.0347. The van der Waals surface area contributed by atoms with Crippen LogP contribution in [0.25, 0.3) is 0 Å². The second-order valence-electron chi connectivity index (χ2n) is 6.64. The molecule has 0 fully saturated rings. The molecule has 2 rings (SSSR count). The molecule has 0 aliphatic heterocycles. The Morgan fingerprint density at radius 2 is 1.69 bits per heavy atom. The smallest absolute Gasteiger partial charge is 0.242 e. The number of carbonyl (C=O) groups excluding carboxylic acids is 2. The predicted octanol–water partition coefficient (Wildman–Crippen LogP) is 3.40. The van der Waals surface area contributed by atoms with Crippen molar-refractivity contribution in [1.29, 1.82) is 0 Å². The Balaban J connectivity index is 2.27. The molecule has 1 atom stereocenters. The maximum Gasteiger partial charge on any atom is 0.242 e. The van der Waals surface area contributed by atoms with Crippen LogP contribution in [-0.4, -0.2) is 29.8 Å². The van der Waals surface area contributed by atoms with Crippen LogP contribution in [0, 0.1) is 13.8 Å². The molecule has 0 bridgehead atoms. The van der Waals surface area contributed by atoms with Crippen LogP contribution >= 0.6 is 0 Å². The number of nitrogens with zero attached hydrogens (tertiary/aromatic N) is 1. The number of hydrogen-bond donors (Lipinski definition) is 1. The van der Waals surface area contributed by atoms with Crippen molar-refractivity contribution < 1.29 is 9.59 Å². The molecule has 2 amide bonds. The first-order chi connectivity index (χ1) is 12.5. The van der Waals surface area contributed by atoms with Gasteiger partial charge in [-0.2, -0.15) is 0 Å². The first-order valence-corrected chi connectivity index (χ1v) is 9.07. The van der Waals surface area contributed by atoms with Gasteiger partial charge < -0.3 is 10.2 Å². The first kappa shape index (κ1) is 19.7. The molecule has 0 saturated heterocycles. The highest BCUT2D eigenvalue weighted by molar-refractivity contribution is 5.88. The maximum absolute atomic E-state index is 13.1. The summed E-state index contributed by atoms with van der Waals surface area (Å²) in [6.45, 7) is 6.46. The number of carbonyl (C=O) groups is 2. The summed E-state index contributed by atoms with van der Waals surface area (Å²) >= 11 is 0. The number of aryl methyl sites for hydroxylation is 2. The highest BCUT2D eigenvalue weighted by Crippen LogP contribution is 2.16. The molecule has 26 heavy (non-hydrogen) atoms. The summed E-state index contributed by atoms with van der Waals surface area (Å²) in [5.74, 6) is -0.163. The van der Waals surface area contributed by atoms with E-state index in [0.29, 0.717) is 19.4 Å². The summed E-state index contributed by atoms with van der Waals surface area (Å²) in [4.78, 5) is 27.1. The molecule has 2 aromatic carbocycles. The van der Waals surface area contributed by atoms with Crippen molar-refractivity contribution in [3.63, 3.8) is 0 Å². The molecule has 4 nitrogen and oxygen atoms in total. The van der Waals surface area contributed by atoms with E-state index in [4.69, 9.17) is 0 Å². The summed E-state index contributed by atoms with van der Waals surface area (Å²) in [6.07, 6.45) is 0.868. The van der Waals surface area contributed by atoms with Gasteiger partial charge in [0.1, 0.15) is 6.04 Å². The summed E-state index contributed by atoms with van der Waals surface area (Å²) in [6, 6.07) is 15.4. The normalized spacial score (nSPS) is 11.7. The predicted molar refractivity (Wildman–Crippen MR) is 105 cm³/mol. The van der Waals surface area contributed by atoms with Crippen molar-refractivity contribution in [1.82, 2.24) is 10.2 Å². The van der Waals surface area contributed by atoms with Gasteiger partial charge in [0.25, 0.3) is 0 Å². The Bertz CT molecular complexity index is 756. The van der Waals surface area contributed by atoms with Crippen molar-refractivity contribution >= 4 is 11.8 Å². The van der Waals surface area contributed by atoms with Crippen LogP contribution in [0.3, 0.4) is 0 Å². The fourth-order valence-corrected chi connectivity index (χ4v) is 3.06. The molecule has 0 unspecified atom stereocenters. The third kappa shape index (κ3) is 4.94. The van der Waals surface area contributed by atoms with E-state index in [1.165, 1.54) is 11.1 Å². The molecule has 0 radical (unpaired) electrons. The minimum atomic E-state index is -0.473. The number of hydrogen-bond acceptors (Lipinski definition) is 2. The summed E-state index contributed by atoms with van der Waals surface area (Å²) in [5.41, 5.74) is 4.37. The van der Waals surface area contributed by atoms with Gasteiger partial charge in [-0.1, -0.05) is 55.5 Å². The second kappa shape index (κ2) is 9.18. The summed E-state index contributed by atoms with van der Waals surface area (Å²) < 4.78 is 0. The molecule has 0 saturated carbocycles. The third-order valence-corrected chi connectivity index (χ3v) is 4.75. The van der Waals surface area contributed by atoms with Crippen LogP contribution in [0.15, 0.2) is 48.5 Å². The van der Waals surface area contributed by atoms with E-state index in [9.17, 15) is 9.59 Å². The Morgan fingerprint density at radius 1 is 1.00 bits per heavy atom. The van der Waals surface area contributed by atoms with Crippen LogP contribution in [-0.2, 0) is 22.6 Å². The average molecular weight is 352 g/mol. The van der Waals surface area contributed by atoms with Crippen LogP contribution in [0.1, 0.15) is 35.6 Å². The van der Waals surface area contributed by atoms with Crippen LogP contribution in [0.2, 0.25) is 0 Å². The van der Waals surface area contributed by atoms with Gasteiger partial charge in [-0.15, -0.1) is 0 Å². The summed E-state index contributed by atoms with van der Waals surface area (Å²) in [7, 11) is 1.61. The molecule has 138 valence electrons. The average Bonchev–Trinajstić information content (AvgIpc) is 2.65. The zero-order valence-electron chi connectivity index (χ0n) is 16.1. The largest absolute Gasteiger partial charge is 0.357 e. The molecule has 1 N–H and O–H groups in total. The lowest BCUT2D eigenvalue weighted by molar-refractivity contribution is -0.140. The monoisotopic (exact) mass is 352 g/mol. The number of amides is 2. The SMILES string of the molecule is CC[C@H](C(=O)NC)N(Cc1ccccc1)C(=O)Cc1ccc(C)c(C)c1. The van der Waals surface area contributed by atoms with Crippen molar-refractivity contribution in [2.24, 2.45) is 0 Å². The Hall–Kier alpha value is -2.62. The first-order valence-electron chi connectivity index (χ1n) is 9.07. The van der Waals surface area contributed by atoms with Gasteiger partial charge in [0, 0.05) is 13.6 Å². The van der Waals surface area contributed by atoms with E-state index < -0.39 is 6.04 Å². The van der Waals surface area contributed by atoms with E-state index in [1.807, 2.05) is 56.3 Å². The fraction of sp³-hybridized carbons (Fsp3) is 0.364. The lowest BCUT2D eigenvalue weighted by Gasteiger charge is -2.30. The van der Waals surface area contributed by atoms with Crippen LogP contribution < -0.4 is 5.32 Å². The van der Waals surface area contributed by atoms with Gasteiger partial charge >= 0.3 is 0 Å². The minimum Gasteiger partial charge on any atom is -0.357 e. The Morgan fingerprint density at radius 3 is 2.27 bits per heavy atom. The van der Waals surface area contributed by atoms with Crippen molar-refractivity contribution in [2.45, 2.75) is 46.2 Å². The second-order valence-corrected chi connectivity index (χ2v) is 6.64. The van der Waals surface area contributed by atoms with Crippen molar-refractivity contribution in [3.05, 3.63) is 70.8 Å². The number of nitrogens with one attached hydrogen (secondary N) is 1. The molecular weight excluding hydrogens is 324 g/mol. The van der Waals surface area contributed by atoms with Gasteiger partial charge in [0.2, 0.25) is 11.8 Å². The number of likely N-dealkylation sites (N-methyl/N-ethyl adjacent to an activating group) is 1. The van der Waals surface area contributed by atoms with Crippen molar-refractivity contribution in [2.75, 3.05) is 7.05 Å². The van der Waals surface area contributed by atoms with Gasteiger partial charge in [-0.05, 0) is 42.5 Å². The van der Waals surface area contributed by atoms with Crippen LogP contribution in [0.4, 0.5) is 0 Å². The quantitative estimate of drug-likeness (QED) is 0.830. The van der Waals surface area contributed by atoms with Gasteiger partial charge in [-0.25, -0.2) is 0 Å². The Labute approximate surface area is 156 Å². The Kier molecular flexibility index (Phi) is 6.96. The topological polar surface area (TPSA) is 49.4 Å². The molecule has 0 aromatic heterocycles. The number of benzene rings is 2. The molecule has 2 aromatic rings. The van der Waals surface area contributed by atoms with Gasteiger partial charge in [0.15, 0.2) is 0 Å². The molecule has 4 heteroatoms. The van der Waals surface area contributed by atoms with Crippen LogP contribution in [0.5, 0.6) is 0 Å².